The number of aryl methyl sites for hydroxylation is 1. The fourth-order valence-corrected chi connectivity index (χ4v) is 2.29. The van der Waals surface area contributed by atoms with Gasteiger partial charge in [0, 0.05) is 27.3 Å². The van der Waals surface area contributed by atoms with Crippen molar-refractivity contribution < 1.29 is 9.53 Å². The average Bonchev–Trinajstić information content (AvgIpc) is 2.51. The Labute approximate surface area is 129 Å². The van der Waals surface area contributed by atoms with Gasteiger partial charge < -0.3 is 9.64 Å². The van der Waals surface area contributed by atoms with Crippen LogP contribution in [0, 0.1) is 6.92 Å². The van der Waals surface area contributed by atoms with Crippen molar-refractivity contribution >= 4 is 16.8 Å². The minimum Gasteiger partial charge on any atom is -0.385 e. The average molecular weight is 303 g/mol. The number of carbonyl (C=O) groups excluding carboxylic acids is 1. The van der Waals surface area contributed by atoms with Crippen molar-refractivity contribution in [3.63, 3.8) is 0 Å². The van der Waals surface area contributed by atoms with E-state index >= 15 is 0 Å². The van der Waals surface area contributed by atoms with Crippen LogP contribution in [0.15, 0.2) is 29.1 Å². The molecule has 0 aliphatic rings. The minimum atomic E-state index is -0.179. The Morgan fingerprint density at radius 3 is 2.82 bits per heavy atom. The summed E-state index contributed by atoms with van der Waals surface area (Å²) in [5, 5.41) is 0.530. The first-order chi connectivity index (χ1) is 10.5. The second-order valence-electron chi connectivity index (χ2n) is 5.23. The molecule has 6 heteroatoms. The molecule has 6 nitrogen and oxygen atoms in total. The fraction of sp³-hybridized carbons (Fsp3) is 0.438. The van der Waals surface area contributed by atoms with Crippen molar-refractivity contribution in [3.05, 3.63) is 40.4 Å². The van der Waals surface area contributed by atoms with E-state index in [0.717, 1.165) is 6.42 Å². The van der Waals surface area contributed by atoms with Crippen LogP contribution in [0.4, 0.5) is 0 Å². The van der Waals surface area contributed by atoms with Gasteiger partial charge in [0.15, 0.2) is 0 Å². The summed E-state index contributed by atoms with van der Waals surface area (Å²) in [6.45, 7) is 2.95. The summed E-state index contributed by atoms with van der Waals surface area (Å²) in [4.78, 5) is 30.8. The van der Waals surface area contributed by atoms with E-state index in [-0.39, 0.29) is 18.0 Å². The van der Waals surface area contributed by atoms with E-state index in [1.165, 1.54) is 4.57 Å². The Kier molecular flexibility index (Phi) is 5.27. The van der Waals surface area contributed by atoms with Gasteiger partial charge in [-0.15, -0.1) is 0 Å². The number of ether oxygens (including phenoxy) is 1. The smallest absolute Gasteiger partial charge is 0.261 e. The quantitative estimate of drug-likeness (QED) is 0.752. The molecule has 118 valence electrons. The zero-order valence-electron chi connectivity index (χ0n) is 13.2. The molecule has 0 saturated carbocycles. The SMILES string of the molecule is COCCCN(C)C(=O)Cn1c(C)nc2ccccc2c1=O. The summed E-state index contributed by atoms with van der Waals surface area (Å²) in [7, 11) is 3.36. The summed E-state index contributed by atoms with van der Waals surface area (Å²) in [5.41, 5.74) is 0.476. The van der Waals surface area contributed by atoms with Gasteiger partial charge in [0.05, 0.1) is 10.9 Å². The standard InChI is InChI=1S/C16H21N3O3/c1-12-17-14-8-5-4-7-13(14)16(21)19(12)11-15(20)18(2)9-6-10-22-3/h4-5,7-8H,6,9-11H2,1-3H3. The number of aromatic nitrogens is 2. The largest absolute Gasteiger partial charge is 0.385 e. The molecule has 2 rings (SSSR count). The van der Waals surface area contributed by atoms with Crippen LogP contribution < -0.4 is 5.56 Å². The molecule has 0 N–H and O–H groups in total. The van der Waals surface area contributed by atoms with Crippen LogP contribution in [0.3, 0.4) is 0 Å². The van der Waals surface area contributed by atoms with E-state index < -0.39 is 0 Å². The summed E-state index contributed by atoms with van der Waals surface area (Å²) < 4.78 is 6.40. The third kappa shape index (κ3) is 3.51. The maximum Gasteiger partial charge on any atom is 0.261 e. The first-order valence-corrected chi connectivity index (χ1v) is 7.23. The molecule has 0 atom stereocenters. The maximum atomic E-state index is 12.5. The topological polar surface area (TPSA) is 64.4 Å². The predicted molar refractivity (Wildman–Crippen MR) is 84.9 cm³/mol. The Morgan fingerprint density at radius 2 is 2.09 bits per heavy atom. The molecule has 0 radical (unpaired) electrons. The van der Waals surface area contributed by atoms with Gasteiger partial charge in [-0.3, -0.25) is 14.2 Å². The molecule has 1 aromatic carbocycles. The summed E-state index contributed by atoms with van der Waals surface area (Å²) >= 11 is 0. The van der Waals surface area contributed by atoms with E-state index in [4.69, 9.17) is 4.74 Å². The zero-order valence-corrected chi connectivity index (χ0v) is 13.2. The van der Waals surface area contributed by atoms with Gasteiger partial charge in [0.1, 0.15) is 12.4 Å². The van der Waals surface area contributed by atoms with E-state index in [9.17, 15) is 9.59 Å². The van der Waals surface area contributed by atoms with Crippen LogP contribution >= 0.6 is 0 Å². The molecule has 1 aromatic heterocycles. The minimum absolute atomic E-state index is 0.00594. The highest BCUT2D eigenvalue weighted by molar-refractivity contribution is 5.79. The van der Waals surface area contributed by atoms with Gasteiger partial charge in [0.25, 0.3) is 5.56 Å². The molecule has 0 bridgehead atoms. The highest BCUT2D eigenvalue weighted by Gasteiger charge is 2.14. The van der Waals surface area contributed by atoms with E-state index in [1.54, 1.807) is 44.2 Å². The van der Waals surface area contributed by atoms with Gasteiger partial charge in [-0.1, -0.05) is 12.1 Å². The summed E-state index contributed by atoms with van der Waals surface area (Å²) in [6, 6.07) is 7.16. The lowest BCUT2D eigenvalue weighted by molar-refractivity contribution is -0.130. The molecular formula is C16H21N3O3. The van der Waals surface area contributed by atoms with Gasteiger partial charge in [-0.2, -0.15) is 0 Å². The normalized spacial score (nSPS) is 10.9. The maximum absolute atomic E-state index is 12.5. The molecular weight excluding hydrogens is 282 g/mol. The zero-order chi connectivity index (χ0) is 16.1. The highest BCUT2D eigenvalue weighted by atomic mass is 16.5. The van der Waals surface area contributed by atoms with Gasteiger partial charge in [-0.05, 0) is 25.5 Å². The number of rotatable bonds is 6. The number of fused-ring (bicyclic) bond motifs is 1. The van der Waals surface area contributed by atoms with Crippen LogP contribution in [-0.4, -0.2) is 47.7 Å². The van der Waals surface area contributed by atoms with Gasteiger partial charge in [0.2, 0.25) is 5.91 Å². The second kappa shape index (κ2) is 7.17. The number of hydrogen-bond acceptors (Lipinski definition) is 4. The number of para-hydroxylation sites is 1. The molecule has 22 heavy (non-hydrogen) atoms. The molecule has 1 heterocycles. The van der Waals surface area contributed by atoms with Crippen molar-refractivity contribution in [3.8, 4) is 0 Å². The predicted octanol–water partition coefficient (Wildman–Crippen LogP) is 1.20. The number of likely N-dealkylation sites (N-methyl/N-ethyl adjacent to an activating group) is 1. The highest BCUT2D eigenvalue weighted by Crippen LogP contribution is 2.07. The lowest BCUT2D eigenvalue weighted by Gasteiger charge is -2.18. The van der Waals surface area contributed by atoms with Crippen LogP contribution in [0.2, 0.25) is 0 Å². The Hall–Kier alpha value is -2.21. The van der Waals surface area contributed by atoms with Crippen LogP contribution in [0.5, 0.6) is 0 Å². The van der Waals surface area contributed by atoms with Crippen molar-refractivity contribution in [2.45, 2.75) is 19.9 Å². The number of amides is 1. The first kappa shape index (κ1) is 16.2. The molecule has 0 saturated heterocycles. The van der Waals surface area contributed by atoms with Gasteiger partial charge in [-0.25, -0.2) is 4.98 Å². The Morgan fingerprint density at radius 1 is 1.36 bits per heavy atom. The van der Waals surface area contributed by atoms with Crippen molar-refractivity contribution in [2.24, 2.45) is 0 Å². The molecule has 0 fully saturated rings. The molecule has 0 spiro atoms. The number of methoxy groups -OCH3 is 1. The Bertz CT molecular complexity index is 724. The fourth-order valence-electron chi connectivity index (χ4n) is 2.29. The number of hydrogen-bond donors (Lipinski definition) is 0. The molecule has 1 amide bonds. The van der Waals surface area contributed by atoms with Crippen LogP contribution in [0.25, 0.3) is 10.9 Å². The van der Waals surface area contributed by atoms with Crippen LogP contribution in [-0.2, 0) is 16.1 Å². The second-order valence-corrected chi connectivity index (χ2v) is 5.23. The molecule has 0 aliphatic heterocycles. The number of carbonyl (C=O) groups is 1. The lowest BCUT2D eigenvalue weighted by Crippen LogP contribution is -2.36. The third-order valence-electron chi connectivity index (χ3n) is 3.61. The lowest BCUT2D eigenvalue weighted by atomic mass is 10.2. The van der Waals surface area contributed by atoms with E-state index in [0.29, 0.717) is 29.9 Å². The van der Waals surface area contributed by atoms with E-state index in [2.05, 4.69) is 4.98 Å². The Balaban J connectivity index is 2.21. The van der Waals surface area contributed by atoms with E-state index in [1.807, 2.05) is 6.07 Å². The molecule has 0 unspecified atom stereocenters. The third-order valence-corrected chi connectivity index (χ3v) is 3.61. The van der Waals surface area contributed by atoms with Crippen molar-refractivity contribution in [1.29, 1.82) is 0 Å². The van der Waals surface area contributed by atoms with Crippen molar-refractivity contribution in [1.82, 2.24) is 14.5 Å². The monoisotopic (exact) mass is 303 g/mol. The molecule has 0 aliphatic carbocycles. The number of benzene rings is 1. The number of nitrogens with zero attached hydrogens (tertiary/aromatic N) is 3. The van der Waals surface area contributed by atoms with Crippen LogP contribution in [0.1, 0.15) is 12.2 Å². The summed E-state index contributed by atoms with van der Waals surface area (Å²) in [5.74, 6) is 0.431. The summed E-state index contributed by atoms with van der Waals surface area (Å²) in [6.07, 6.45) is 0.766. The van der Waals surface area contributed by atoms with Crippen molar-refractivity contribution in [2.75, 3.05) is 27.3 Å². The molecule has 2 aromatic rings. The first-order valence-electron chi connectivity index (χ1n) is 7.23. The van der Waals surface area contributed by atoms with Gasteiger partial charge >= 0.3 is 0 Å².